The highest BCUT2D eigenvalue weighted by molar-refractivity contribution is 5.64. The van der Waals surface area contributed by atoms with E-state index in [0.29, 0.717) is 25.0 Å². The van der Waals surface area contributed by atoms with E-state index < -0.39 is 23.4 Å². The molecule has 0 amide bonds. The fourth-order valence-corrected chi connectivity index (χ4v) is 7.20. The largest absolute Gasteiger partial charge is 0.440 e. The van der Waals surface area contributed by atoms with Crippen LogP contribution in [-0.4, -0.2) is 20.9 Å². The number of nitrogens with zero attached hydrogens (tertiary/aromatic N) is 3. The molecule has 0 N–H and O–H groups in total. The maximum atomic E-state index is 14.5. The second kappa shape index (κ2) is 9.29. The number of halogens is 4. The average molecular weight is 560 g/mol. The molecule has 0 saturated heterocycles. The van der Waals surface area contributed by atoms with Crippen LogP contribution in [0.5, 0.6) is 0 Å². The average Bonchev–Trinajstić information content (AvgIpc) is 3.59. The van der Waals surface area contributed by atoms with Crippen molar-refractivity contribution >= 4 is 6.08 Å². The van der Waals surface area contributed by atoms with Crippen molar-refractivity contribution in [1.82, 2.24) is 14.8 Å². The molecule has 8 heteroatoms. The maximum absolute atomic E-state index is 14.5. The summed E-state index contributed by atoms with van der Waals surface area (Å²) in [5, 5.41) is 4.59. The molecule has 3 aliphatic carbocycles. The molecule has 1 saturated carbocycles. The van der Waals surface area contributed by atoms with E-state index in [0.717, 1.165) is 33.6 Å². The SMILES string of the molecule is Cc1ccc(-c2cnc([C@H]3[C@H](C(F)(F)F)CC=C4[C@@H]3CCC3=Cc5c(cnn5-c5ccc(F)cc5)C[C@@]34C)o2)cc1. The molecule has 4 nitrogen and oxygen atoms in total. The van der Waals surface area contributed by atoms with Gasteiger partial charge in [0.1, 0.15) is 5.82 Å². The van der Waals surface area contributed by atoms with Crippen LogP contribution in [0.4, 0.5) is 17.6 Å². The molecule has 41 heavy (non-hydrogen) atoms. The van der Waals surface area contributed by atoms with Crippen LogP contribution >= 0.6 is 0 Å². The summed E-state index contributed by atoms with van der Waals surface area (Å²) >= 11 is 0. The van der Waals surface area contributed by atoms with Gasteiger partial charge in [-0.1, -0.05) is 54.0 Å². The minimum Gasteiger partial charge on any atom is -0.440 e. The Balaban J connectivity index is 1.26. The van der Waals surface area contributed by atoms with E-state index in [1.807, 2.05) is 48.1 Å². The molecule has 0 bridgehead atoms. The van der Waals surface area contributed by atoms with Gasteiger partial charge in [0.2, 0.25) is 0 Å². The number of alkyl halides is 3. The molecule has 1 fully saturated rings. The first-order valence-electron chi connectivity index (χ1n) is 14.0. The highest BCUT2D eigenvalue weighted by Gasteiger charge is 2.56. The molecule has 2 aromatic heterocycles. The van der Waals surface area contributed by atoms with Gasteiger partial charge in [-0.15, -0.1) is 0 Å². The van der Waals surface area contributed by atoms with Crippen LogP contribution in [0.2, 0.25) is 0 Å². The Bertz CT molecular complexity index is 1680. The molecule has 4 aromatic rings. The van der Waals surface area contributed by atoms with E-state index in [1.165, 1.54) is 17.7 Å². The van der Waals surface area contributed by atoms with Crippen molar-refractivity contribution in [2.75, 3.05) is 0 Å². The molecule has 0 spiro atoms. The number of allylic oxidation sites excluding steroid dienone is 3. The van der Waals surface area contributed by atoms with Gasteiger partial charge < -0.3 is 4.42 Å². The van der Waals surface area contributed by atoms with Gasteiger partial charge in [0, 0.05) is 11.0 Å². The Kier molecular flexibility index (Phi) is 5.89. The second-order valence-corrected chi connectivity index (χ2v) is 11.8. The standard InChI is InChI=1S/C33H29F4N3O/c1-19-3-5-20(6-4-19)29-18-38-31(41-29)30-25-12-7-22-15-28-21(17-39-40(28)24-10-8-23(34)9-11-24)16-32(22,2)26(25)13-14-27(30)33(35,36)37/h3-6,8-11,13,15,17-18,25,27,30H,7,12,14,16H2,1-2H3/t25-,27+,30+,32-/m0/s1. The summed E-state index contributed by atoms with van der Waals surface area (Å²) in [6, 6.07) is 13.9. The van der Waals surface area contributed by atoms with E-state index in [2.05, 4.69) is 23.1 Å². The minimum atomic E-state index is -4.38. The monoisotopic (exact) mass is 559 g/mol. The Morgan fingerprint density at radius 3 is 2.51 bits per heavy atom. The molecule has 2 aromatic carbocycles. The van der Waals surface area contributed by atoms with Crippen molar-refractivity contribution in [3.63, 3.8) is 0 Å². The Morgan fingerprint density at radius 1 is 1.02 bits per heavy atom. The van der Waals surface area contributed by atoms with Crippen LogP contribution in [-0.2, 0) is 6.42 Å². The first-order chi connectivity index (χ1) is 19.6. The molecule has 2 heterocycles. The highest BCUT2D eigenvalue weighted by atomic mass is 19.4. The first-order valence-corrected chi connectivity index (χ1v) is 14.0. The van der Waals surface area contributed by atoms with Gasteiger partial charge >= 0.3 is 6.18 Å². The number of fused-ring (bicyclic) bond motifs is 4. The van der Waals surface area contributed by atoms with Crippen molar-refractivity contribution < 1.29 is 22.0 Å². The van der Waals surface area contributed by atoms with Gasteiger partial charge in [-0.2, -0.15) is 18.3 Å². The lowest BCUT2D eigenvalue weighted by molar-refractivity contribution is -0.187. The highest BCUT2D eigenvalue weighted by Crippen LogP contribution is 2.61. The van der Waals surface area contributed by atoms with Gasteiger partial charge in [-0.3, -0.25) is 0 Å². The van der Waals surface area contributed by atoms with Crippen LogP contribution in [0, 0.1) is 30.0 Å². The minimum absolute atomic E-state index is 0.104. The lowest BCUT2D eigenvalue weighted by Crippen LogP contribution is -2.44. The summed E-state index contributed by atoms with van der Waals surface area (Å²) in [5.74, 6) is -2.46. The quantitative estimate of drug-likeness (QED) is 0.186. The lowest BCUT2D eigenvalue weighted by atomic mass is 9.54. The normalized spacial score (nSPS) is 25.6. The number of aryl methyl sites for hydroxylation is 1. The van der Waals surface area contributed by atoms with Crippen molar-refractivity contribution in [2.24, 2.45) is 17.3 Å². The van der Waals surface area contributed by atoms with Crippen molar-refractivity contribution in [3.05, 3.63) is 107 Å². The van der Waals surface area contributed by atoms with E-state index in [9.17, 15) is 17.6 Å². The van der Waals surface area contributed by atoms with Gasteiger partial charge in [0.05, 0.1) is 35.6 Å². The van der Waals surface area contributed by atoms with Crippen molar-refractivity contribution in [3.8, 4) is 17.0 Å². The number of benzene rings is 2. The summed E-state index contributed by atoms with van der Waals surface area (Å²) < 4.78 is 64.9. The first kappa shape index (κ1) is 26.0. The molecule has 4 atom stereocenters. The zero-order valence-corrected chi connectivity index (χ0v) is 22.8. The van der Waals surface area contributed by atoms with Crippen molar-refractivity contribution in [1.29, 1.82) is 0 Å². The number of oxazole rings is 1. The zero-order chi connectivity index (χ0) is 28.5. The molecule has 3 aliphatic rings. The summed E-state index contributed by atoms with van der Waals surface area (Å²) in [5.41, 5.74) is 6.42. The number of rotatable bonds is 3. The van der Waals surface area contributed by atoms with Gasteiger partial charge in [0.15, 0.2) is 11.7 Å². The Morgan fingerprint density at radius 2 is 1.78 bits per heavy atom. The van der Waals surface area contributed by atoms with Crippen LogP contribution in [0.1, 0.15) is 54.8 Å². The summed E-state index contributed by atoms with van der Waals surface area (Å²) in [4.78, 5) is 4.45. The third kappa shape index (κ3) is 4.26. The topological polar surface area (TPSA) is 43.9 Å². The van der Waals surface area contributed by atoms with Gasteiger partial charge in [-0.05, 0) is 74.4 Å². The predicted molar refractivity (Wildman–Crippen MR) is 148 cm³/mol. The number of aromatic nitrogens is 3. The maximum Gasteiger partial charge on any atom is 0.392 e. The van der Waals surface area contributed by atoms with E-state index in [-0.39, 0.29) is 24.0 Å². The van der Waals surface area contributed by atoms with E-state index in [1.54, 1.807) is 18.3 Å². The predicted octanol–water partition coefficient (Wildman–Crippen LogP) is 8.62. The third-order valence-electron chi connectivity index (χ3n) is 9.31. The summed E-state index contributed by atoms with van der Waals surface area (Å²) in [6.07, 6.45) is 4.75. The van der Waals surface area contributed by atoms with E-state index >= 15 is 0 Å². The molecule has 0 radical (unpaired) electrons. The zero-order valence-electron chi connectivity index (χ0n) is 22.8. The molecular weight excluding hydrogens is 530 g/mol. The second-order valence-electron chi connectivity index (χ2n) is 11.8. The number of hydrogen-bond acceptors (Lipinski definition) is 3. The van der Waals surface area contributed by atoms with Gasteiger partial charge in [-0.25, -0.2) is 14.1 Å². The molecular formula is C33H29F4N3O. The van der Waals surface area contributed by atoms with Crippen LogP contribution in [0.15, 0.2) is 82.6 Å². The van der Waals surface area contributed by atoms with Crippen molar-refractivity contribution in [2.45, 2.75) is 51.6 Å². The molecule has 7 rings (SSSR count). The fourth-order valence-electron chi connectivity index (χ4n) is 7.20. The number of hydrogen-bond donors (Lipinski definition) is 0. The molecule has 0 aliphatic heterocycles. The summed E-state index contributed by atoms with van der Waals surface area (Å²) in [6.45, 7) is 4.13. The van der Waals surface area contributed by atoms with E-state index in [4.69, 9.17) is 4.42 Å². The Labute approximate surface area is 235 Å². The third-order valence-corrected chi connectivity index (χ3v) is 9.31. The van der Waals surface area contributed by atoms with Crippen LogP contribution < -0.4 is 0 Å². The smallest absolute Gasteiger partial charge is 0.392 e. The lowest BCUT2D eigenvalue weighted by Gasteiger charge is -2.50. The van der Waals surface area contributed by atoms with Gasteiger partial charge in [0.25, 0.3) is 0 Å². The fraction of sp³-hybridized carbons (Fsp3) is 0.333. The molecule has 0 unspecified atom stereocenters. The molecule has 210 valence electrons. The Hall–Kier alpha value is -3.94. The van der Waals surface area contributed by atoms with Crippen LogP contribution in [0.25, 0.3) is 23.1 Å². The summed E-state index contributed by atoms with van der Waals surface area (Å²) in [7, 11) is 0. The van der Waals surface area contributed by atoms with Crippen LogP contribution in [0.3, 0.4) is 0 Å².